The van der Waals surface area contributed by atoms with Crippen molar-refractivity contribution in [3.05, 3.63) is 48.2 Å². The molecule has 0 radical (unpaired) electrons. The number of halogens is 3. The van der Waals surface area contributed by atoms with E-state index in [1.165, 1.54) is 17.2 Å². The lowest BCUT2D eigenvalue weighted by atomic mass is 10.0. The van der Waals surface area contributed by atoms with Crippen LogP contribution in [0.2, 0.25) is 0 Å². The first-order chi connectivity index (χ1) is 17.1. The molecule has 36 heavy (non-hydrogen) atoms. The van der Waals surface area contributed by atoms with Crippen molar-refractivity contribution in [2.45, 2.75) is 38.9 Å². The van der Waals surface area contributed by atoms with Crippen LogP contribution in [0.1, 0.15) is 36.1 Å². The zero-order chi connectivity index (χ0) is 25.6. The van der Waals surface area contributed by atoms with Crippen LogP contribution in [0.25, 0.3) is 11.3 Å². The van der Waals surface area contributed by atoms with Gasteiger partial charge in [-0.1, -0.05) is 6.92 Å². The van der Waals surface area contributed by atoms with Gasteiger partial charge in [0, 0.05) is 38.2 Å². The van der Waals surface area contributed by atoms with Crippen LogP contribution in [0.3, 0.4) is 0 Å². The third-order valence-electron chi connectivity index (χ3n) is 6.41. The quantitative estimate of drug-likeness (QED) is 0.500. The summed E-state index contributed by atoms with van der Waals surface area (Å²) in [5.41, 5.74) is 1.22. The molecule has 3 aromatic heterocycles. The number of amides is 2. The number of Topliss-reactive ketones (excluding diaryl/α,β-unsaturated/α-hetero) is 1. The summed E-state index contributed by atoms with van der Waals surface area (Å²) in [6.45, 7) is 3.97. The molecule has 2 amide bonds. The normalized spacial score (nSPS) is 17.6. The predicted molar refractivity (Wildman–Crippen MR) is 125 cm³/mol. The van der Waals surface area contributed by atoms with Gasteiger partial charge in [0.2, 0.25) is 0 Å². The number of anilines is 3. The topological polar surface area (TPSA) is 104 Å². The standard InChI is InChI=1S/C24H23F3N6O3/c1-13(24(25,26)27)9-19(34)17-3-4-18-22(30-17)33(16-6-8-32(18)12-16)23(35)31-21-10-15(5-7-28-21)20-11-29-14(2)36-20/h3-5,7,10-11,13,16H,6,8-9,12H2,1-2H3,(H,28,31,35)/t13-,16-/m0/s1. The Morgan fingerprint density at radius 3 is 2.78 bits per heavy atom. The number of urea groups is 1. The third kappa shape index (κ3) is 4.50. The molecular weight excluding hydrogens is 477 g/mol. The molecule has 5 heterocycles. The van der Waals surface area contributed by atoms with Crippen LogP contribution in [0.5, 0.6) is 0 Å². The average molecular weight is 500 g/mol. The van der Waals surface area contributed by atoms with Gasteiger partial charge < -0.3 is 9.32 Å². The Kier molecular flexibility index (Phi) is 5.89. The Morgan fingerprint density at radius 2 is 2.06 bits per heavy atom. The summed E-state index contributed by atoms with van der Waals surface area (Å²) in [7, 11) is 0. The molecule has 2 bridgehead atoms. The summed E-state index contributed by atoms with van der Waals surface area (Å²) in [4.78, 5) is 42.2. The van der Waals surface area contributed by atoms with Crippen molar-refractivity contribution in [1.29, 1.82) is 0 Å². The monoisotopic (exact) mass is 500 g/mol. The minimum Gasteiger partial charge on any atom is -0.441 e. The Bertz CT molecular complexity index is 1320. The predicted octanol–water partition coefficient (Wildman–Crippen LogP) is 4.84. The first-order valence-corrected chi connectivity index (χ1v) is 11.4. The molecule has 0 aromatic carbocycles. The SMILES string of the molecule is Cc1ncc(-c2ccnc(NC(=O)N3c4nc(C(=O)C[C@H](C)C(F)(F)F)ccc4N4CC[C@H]3C4)c2)o1. The maximum Gasteiger partial charge on any atom is 0.391 e. The van der Waals surface area contributed by atoms with Gasteiger partial charge in [-0.15, -0.1) is 0 Å². The second-order valence-electron chi connectivity index (χ2n) is 8.97. The van der Waals surface area contributed by atoms with Crippen LogP contribution in [-0.2, 0) is 0 Å². The van der Waals surface area contributed by atoms with E-state index in [1.54, 1.807) is 31.3 Å². The summed E-state index contributed by atoms with van der Waals surface area (Å²) in [5, 5.41) is 2.77. The number of nitrogens with one attached hydrogen (secondary N) is 1. The van der Waals surface area contributed by atoms with Gasteiger partial charge in [-0.25, -0.2) is 19.7 Å². The fourth-order valence-corrected chi connectivity index (χ4v) is 4.44. The van der Waals surface area contributed by atoms with Crippen molar-refractivity contribution in [3.8, 4) is 11.3 Å². The molecule has 9 nitrogen and oxygen atoms in total. The second-order valence-corrected chi connectivity index (χ2v) is 8.97. The zero-order valence-electron chi connectivity index (χ0n) is 19.5. The van der Waals surface area contributed by atoms with Crippen LogP contribution in [0, 0.1) is 12.8 Å². The molecular formula is C24H23F3N6O3. The van der Waals surface area contributed by atoms with E-state index >= 15 is 0 Å². The van der Waals surface area contributed by atoms with Gasteiger partial charge in [0.25, 0.3) is 0 Å². The zero-order valence-corrected chi connectivity index (χ0v) is 19.5. The number of fused-ring (bicyclic) bond motifs is 4. The fourth-order valence-electron chi connectivity index (χ4n) is 4.44. The molecule has 0 unspecified atom stereocenters. The molecule has 2 atom stereocenters. The number of oxazole rings is 1. The van der Waals surface area contributed by atoms with E-state index in [9.17, 15) is 22.8 Å². The molecule has 1 N–H and O–H groups in total. The minimum absolute atomic E-state index is 0.106. The molecule has 0 aliphatic carbocycles. The van der Waals surface area contributed by atoms with E-state index in [4.69, 9.17) is 4.42 Å². The number of hydrogen-bond donors (Lipinski definition) is 1. The summed E-state index contributed by atoms with van der Waals surface area (Å²) < 4.78 is 44.4. The third-order valence-corrected chi connectivity index (χ3v) is 6.41. The number of carbonyl (C=O) groups excluding carboxylic acids is 2. The van der Waals surface area contributed by atoms with E-state index in [-0.39, 0.29) is 23.4 Å². The molecule has 5 rings (SSSR count). The number of alkyl halides is 3. The van der Waals surface area contributed by atoms with Crippen molar-refractivity contribution in [3.63, 3.8) is 0 Å². The Morgan fingerprint density at radius 1 is 1.25 bits per heavy atom. The number of rotatable bonds is 5. The van der Waals surface area contributed by atoms with Crippen molar-refractivity contribution < 1.29 is 27.2 Å². The summed E-state index contributed by atoms with van der Waals surface area (Å²) >= 11 is 0. The van der Waals surface area contributed by atoms with Gasteiger partial charge >= 0.3 is 12.2 Å². The number of nitrogens with zero attached hydrogens (tertiary/aromatic N) is 5. The number of carbonyl (C=O) groups is 2. The van der Waals surface area contributed by atoms with Gasteiger partial charge in [-0.05, 0) is 30.7 Å². The molecule has 12 heteroatoms. The van der Waals surface area contributed by atoms with Gasteiger partial charge in [0.1, 0.15) is 11.5 Å². The average Bonchev–Trinajstić information content (AvgIpc) is 3.45. The van der Waals surface area contributed by atoms with Crippen LogP contribution in [-0.4, -0.2) is 52.1 Å². The smallest absolute Gasteiger partial charge is 0.391 e. The number of aryl methyl sites for hydroxylation is 1. The summed E-state index contributed by atoms with van der Waals surface area (Å²) in [6, 6.07) is 5.73. The van der Waals surface area contributed by atoms with E-state index < -0.39 is 30.3 Å². The van der Waals surface area contributed by atoms with Crippen molar-refractivity contribution in [2.75, 3.05) is 28.2 Å². The molecule has 188 valence electrons. The molecule has 0 spiro atoms. The molecule has 2 aliphatic heterocycles. The second kappa shape index (κ2) is 8.92. The number of aromatic nitrogens is 3. The molecule has 2 aliphatic rings. The molecule has 1 saturated heterocycles. The number of ketones is 1. The first-order valence-electron chi connectivity index (χ1n) is 11.4. The van der Waals surface area contributed by atoms with Gasteiger partial charge in [-0.2, -0.15) is 13.2 Å². The van der Waals surface area contributed by atoms with E-state index in [1.807, 2.05) is 0 Å². The Labute approximate surface area is 204 Å². The number of hydrogen-bond acceptors (Lipinski definition) is 7. The highest BCUT2D eigenvalue weighted by atomic mass is 19.4. The largest absolute Gasteiger partial charge is 0.441 e. The van der Waals surface area contributed by atoms with Gasteiger partial charge in [0.15, 0.2) is 23.3 Å². The Hall–Kier alpha value is -3.96. The van der Waals surface area contributed by atoms with Crippen LogP contribution in [0.4, 0.5) is 35.3 Å². The minimum atomic E-state index is -4.48. The van der Waals surface area contributed by atoms with Crippen molar-refractivity contribution >= 4 is 29.1 Å². The van der Waals surface area contributed by atoms with E-state index in [2.05, 4.69) is 25.2 Å². The van der Waals surface area contributed by atoms with Crippen LogP contribution >= 0.6 is 0 Å². The highest BCUT2D eigenvalue weighted by Crippen LogP contribution is 2.39. The summed E-state index contributed by atoms with van der Waals surface area (Å²) in [6.07, 6.45) is -1.41. The summed E-state index contributed by atoms with van der Waals surface area (Å²) in [5.74, 6) is -0.975. The molecule has 0 saturated carbocycles. The van der Waals surface area contributed by atoms with Gasteiger partial charge in [-0.3, -0.25) is 15.0 Å². The van der Waals surface area contributed by atoms with Crippen molar-refractivity contribution in [1.82, 2.24) is 15.0 Å². The van der Waals surface area contributed by atoms with Gasteiger partial charge in [0.05, 0.1) is 23.8 Å². The highest BCUT2D eigenvalue weighted by molar-refractivity contribution is 6.05. The molecule has 1 fully saturated rings. The lowest BCUT2D eigenvalue weighted by molar-refractivity contribution is -0.168. The lowest BCUT2D eigenvalue weighted by Crippen LogP contribution is -2.48. The number of pyridine rings is 2. The van der Waals surface area contributed by atoms with E-state index in [0.29, 0.717) is 42.4 Å². The fraction of sp³-hybridized carbons (Fsp3) is 0.375. The lowest BCUT2D eigenvalue weighted by Gasteiger charge is -2.35. The van der Waals surface area contributed by atoms with Crippen molar-refractivity contribution in [2.24, 2.45) is 5.92 Å². The first kappa shape index (κ1) is 23.8. The maximum absolute atomic E-state index is 13.4. The van der Waals surface area contributed by atoms with Crippen LogP contribution in [0.15, 0.2) is 41.1 Å². The Balaban J connectivity index is 1.41. The van der Waals surface area contributed by atoms with E-state index in [0.717, 1.165) is 6.92 Å². The highest BCUT2D eigenvalue weighted by Gasteiger charge is 2.41. The van der Waals surface area contributed by atoms with Crippen LogP contribution < -0.4 is 15.1 Å². The molecule has 3 aromatic rings. The maximum atomic E-state index is 13.4.